The number of hydrogen-bond acceptors (Lipinski definition) is 4. The Kier molecular flexibility index (Phi) is 4.24. The third kappa shape index (κ3) is 4.40. The van der Waals surface area contributed by atoms with Crippen molar-refractivity contribution in [3.05, 3.63) is 41.5 Å². The maximum absolute atomic E-state index is 11.5. The summed E-state index contributed by atoms with van der Waals surface area (Å²) in [5.41, 5.74) is -0.161. The molecule has 2 N–H and O–H groups in total. The molecule has 0 fully saturated rings. The van der Waals surface area contributed by atoms with Crippen molar-refractivity contribution in [3.8, 4) is 6.07 Å². The molecule has 0 aromatic heterocycles. The summed E-state index contributed by atoms with van der Waals surface area (Å²) in [4.78, 5) is 11.5. The lowest BCUT2D eigenvalue weighted by Gasteiger charge is -2.14. The van der Waals surface area contributed by atoms with Crippen molar-refractivity contribution in [3.63, 3.8) is 0 Å². The van der Waals surface area contributed by atoms with Crippen LogP contribution in [0.2, 0.25) is 0 Å². The molecule has 1 aromatic rings. The molecular weight excluding hydrogens is 230 g/mol. The van der Waals surface area contributed by atoms with Crippen molar-refractivity contribution in [2.75, 3.05) is 0 Å². The second-order valence-electron chi connectivity index (χ2n) is 4.67. The molecule has 0 spiro atoms. The molecule has 1 rings (SSSR count). The molecular formula is C14H15NO3. The van der Waals surface area contributed by atoms with Crippen LogP contribution in [0.3, 0.4) is 0 Å². The van der Waals surface area contributed by atoms with Gasteiger partial charge in [-0.1, -0.05) is 0 Å². The predicted octanol–water partition coefficient (Wildman–Crippen LogP) is 2.19. The van der Waals surface area contributed by atoms with Crippen LogP contribution in [-0.4, -0.2) is 21.6 Å². The van der Waals surface area contributed by atoms with Crippen molar-refractivity contribution in [2.24, 2.45) is 0 Å². The molecule has 0 bridgehead atoms. The fourth-order valence-electron chi connectivity index (χ4n) is 1.43. The number of rotatable bonds is 4. The fraction of sp³-hybridized carbons (Fsp3) is 0.286. The second kappa shape index (κ2) is 5.48. The standard InChI is InChI=1S/C14H15NO3/c1-14(2,18)8-12(16)7-13(17)11-5-3-10(9-15)4-6-11/h3-7,17-18H,8H2,1-2H3/b13-7-. The highest BCUT2D eigenvalue weighted by Crippen LogP contribution is 2.15. The van der Waals surface area contributed by atoms with Crippen molar-refractivity contribution in [1.82, 2.24) is 0 Å². The summed E-state index contributed by atoms with van der Waals surface area (Å²) in [7, 11) is 0. The summed E-state index contributed by atoms with van der Waals surface area (Å²) in [5, 5.41) is 27.8. The molecule has 0 aliphatic rings. The number of nitrogens with zero attached hydrogens (tertiary/aromatic N) is 1. The second-order valence-corrected chi connectivity index (χ2v) is 4.67. The monoisotopic (exact) mass is 245 g/mol. The molecule has 94 valence electrons. The highest BCUT2D eigenvalue weighted by atomic mass is 16.3. The first kappa shape index (κ1) is 13.9. The Balaban J connectivity index is 2.83. The van der Waals surface area contributed by atoms with Crippen LogP contribution in [-0.2, 0) is 4.79 Å². The van der Waals surface area contributed by atoms with Gasteiger partial charge in [0.25, 0.3) is 0 Å². The van der Waals surface area contributed by atoms with Gasteiger partial charge in [-0.2, -0.15) is 5.26 Å². The van der Waals surface area contributed by atoms with E-state index in [2.05, 4.69) is 0 Å². The molecule has 0 amide bonds. The van der Waals surface area contributed by atoms with E-state index in [9.17, 15) is 15.0 Å². The van der Waals surface area contributed by atoms with Crippen molar-refractivity contribution >= 4 is 11.5 Å². The van der Waals surface area contributed by atoms with E-state index in [0.717, 1.165) is 6.08 Å². The molecule has 0 radical (unpaired) electrons. The number of allylic oxidation sites excluding steroid dienone is 1. The Labute approximate surface area is 106 Å². The summed E-state index contributed by atoms with van der Waals surface area (Å²) in [6.07, 6.45) is 1.02. The first-order chi connectivity index (χ1) is 8.31. The largest absolute Gasteiger partial charge is 0.507 e. The molecule has 0 unspecified atom stereocenters. The van der Waals surface area contributed by atoms with E-state index in [4.69, 9.17) is 5.26 Å². The number of carbonyl (C=O) groups is 1. The third-order valence-electron chi connectivity index (χ3n) is 2.21. The Morgan fingerprint density at radius 2 is 1.94 bits per heavy atom. The van der Waals surface area contributed by atoms with Crippen molar-refractivity contribution in [2.45, 2.75) is 25.9 Å². The lowest BCUT2D eigenvalue weighted by molar-refractivity contribution is -0.118. The normalized spacial score (nSPS) is 12.0. The average molecular weight is 245 g/mol. The molecule has 0 saturated carbocycles. The van der Waals surface area contributed by atoms with Gasteiger partial charge in [0.2, 0.25) is 0 Å². The van der Waals surface area contributed by atoms with Crippen LogP contribution in [0.5, 0.6) is 0 Å². The van der Waals surface area contributed by atoms with Crippen LogP contribution in [0, 0.1) is 11.3 Å². The molecule has 4 heteroatoms. The third-order valence-corrected chi connectivity index (χ3v) is 2.21. The van der Waals surface area contributed by atoms with Gasteiger partial charge in [-0.15, -0.1) is 0 Å². The van der Waals surface area contributed by atoms with Crippen LogP contribution in [0.15, 0.2) is 30.3 Å². The first-order valence-corrected chi connectivity index (χ1v) is 5.48. The van der Waals surface area contributed by atoms with Gasteiger partial charge in [-0.3, -0.25) is 4.79 Å². The minimum atomic E-state index is -1.10. The van der Waals surface area contributed by atoms with Gasteiger partial charge in [-0.25, -0.2) is 0 Å². The van der Waals surface area contributed by atoms with E-state index in [0.29, 0.717) is 11.1 Å². The number of nitriles is 1. The zero-order chi connectivity index (χ0) is 13.8. The minimum Gasteiger partial charge on any atom is -0.507 e. The Bertz CT molecular complexity index is 501. The molecule has 0 atom stereocenters. The van der Waals surface area contributed by atoms with E-state index in [-0.39, 0.29) is 18.0 Å². The van der Waals surface area contributed by atoms with Gasteiger partial charge in [0.05, 0.1) is 17.2 Å². The van der Waals surface area contributed by atoms with Crippen LogP contribution in [0.4, 0.5) is 0 Å². The van der Waals surface area contributed by atoms with Gasteiger partial charge < -0.3 is 10.2 Å². The van der Waals surface area contributed by atoms with E-state index >= 15 is 0 Å². The summed E-state index contributed by atoms with van der Waals surface area (Å²) < 4.78 is 0. The van der Waals surface area contributed by atoms with Gasteiger partial charge in [0.15, 0.2) is 5.78 Å². The van der Waals surface area contributed by atoms with Crippen LogP contribution >= 0.6 is 0 Å². The quantitative estimate of drug-likeness (QED) is 0.629. The molecule has 0 aliphatic carbocycles. The summed E-state index contributed by atoms with van der Waals surface area (Å²) >= 11 is 0. The molecule has 18 heavy (non-hydrogen) atoms. The smallest absolute Gasteiger partial charge is 0.162 e. The maximum atomic E-state index is 11.5. The highest BCUT2D eigenvalue weighted by molar-refractivity contribution is 5.95. The molecule has 1 aromatic carbocycles. The van der Waals surface area contributed by atoms with Gasteiger partial charge in [0.1, 0.15) is 5.76 Å². The fourth-order valence-corrected chi connectivity index (χ4v) is 1.43. The number of benzene rings is 1. The Morgan fingerprint density at radius 1 is 1.39 bits per heavy atom. The van der Waals surface area contributed by atoms with E-state index in [1.54, 1.807) is 24.3 Å². The highest BCUT2D eigenvalue weighted by Gasteiger charge is 2.17. The maximum Gasteiger partial charge on any atom is 0.162 e. The Hall–Kier alpha value is -2.12. The SMILES string of the molecule is CC(C)(O)CC(=O)/C=C(\O)c1ccc(C#N)cc1. The van der Waals surface area contributed by atoms with Crippen LogP contribution in [0.25, 0.3) is 5.76 Å². The van der Waals surface area contributed by atoms with Gasteiger partial charge in [-0.05, 0) is 38.1 Å². The van der Waals surface area contributed by atoms with Crippen molar-refractivity contribution < 1.29 is 15.0 Å². The minimum absolute atomic E-state index is 0.0622. The number of aliphatic hydroxyl groups excluding tert-OH is 1. The lowest BCUT2D eigenvalue weighted by Crippen LogP contribution is -2.22. The molecule has 0 heterocycles. The summed E-state index contributed by atoms with van der Waals surface area (Å²) in [6, 6.07) is 8.19. The molecule has 0 saturated heterocycles. The first-order valence-electron chi connectivity index (χ1n) is 5.48. The van der Waals surface area contributed by atoms with Crippen LogP contribution in [0.1, 0.15) is 31.4 Å². The summed E-state index contributed by atoms with van der Waals surface area (Å²) in [6.45, 7) is 3.05. The topological polar surface area (TPSA) is 81.3 Å². The van der Waals surface area contributed by atoms with Gasteiger partial charge in [0, 0.05) is 18.1 Å². The van der Waals surface area contributed by atoms with Crippen molar-refractivity contribution in [1.29, 1.82) is 5.26 Å². The summed E-state index contributed by atoms with van der Waals surface area (Å²) in [5.74, 6) is -0.530. The van der Waals surface area contributed by atoms with E-state index < -0.39 is 5.60 Å². The van der Waals surface area contributed by atoms with E-state index in [1.807, 2.05) is 6.07 Å². The zero-order valence-corrected chi connectivity index (χ0v) is 10.3. The van der Waals surface area contributed by atoms with Crippen LogP contribution < -0.4 is 0 Å². The van der Waals surface area contributed by atoms with E-state index in [1.165, 1.54) is 13.8 Å². The molecule has 4 nitrogen and oxygen atoms in total. The number of aliphatic hydroxyl groups is 2. The lowest BCUT2D eigenvalue weighted by atomic mass is 10.0. The number of hydrogen-bond donors (Lipinski definition) is 2. The molecule has 0 aliphatic heterocycles. The average Bonchev–Trinajstić information content (AvgIpc) is 2.26. The predicted molar refractivity (Wildman–Crippen MR) is 67.7 cm³/mol. The van der Waals surface area contributed by atoms with Gasteiger partial charge >= 0.3 is 0 Å². The number of carbonyl (C=O) groups excluding carboxylic acids is 1. The Morgan fingerprint density at radius 3 is 2.39 bits per heavy atom. The number of ketones is 1. The zero-order valence-electron chi connectivity index (χ0n) is 10.3.